The summed E-state index contributed by atoms with van der Waals surface area (Å²) < 4.78 is 6.00. The van der Waals surface area contributed by atoms with Gasteiger partial charge >= 0.3 is 0 Å². The van der Waals surface area contributed by atoms with Crippen LogP contribution in [0.25, 0.3) is 0 Å². The Morgan fingerprint density at radius 3 is 2.48 bits per heavy atom. The van der Waals surface area contributed by atoms with Crippen LogP contribution in [0.2, 0.25) is 0 Å². The van der Waals surface area contributed by atoms with Gasteiger partial charge < -0.3 is 9.64 Å². The SMILES string of the molecule is C=C1CCC(N2CCC(Cc3ccc(Oc4ccccc4)cc3C)/C2=C/C)CC1. The quantitative estimate of drug-likeness (QED) is 0.509. The number of rotatable bonds is 5. The van der Waals surface area contributed by atoms with E-state index in [4.69, 9.17) is 4.74 Å². The van der Waals surface area contributed by atoms with E-state index in [1.165, 1.54) is 55.3 Å². The van der Waals surface area contributed by atoms with Crippen LogP contribution < -0.4 is 4.74 Å². The van der Waals surface area contributed by atoms with Crippen molar-refractivity contribution in [3.63, 3.8) is 0 Å². The summed E-state index contributed by atoms with van der Waals surface area (Å²) in [5.41, 5.74) is 5.76. The zero-order valence-electron chi connectivity index (χ0n) is 17.9. The van der Waals surface area contributed by atoms with Crippen molar-refractivity contribution in [3.05, 3.63) is 83.6 Å². The van der Waals surface area contributed by atoms with Gasteiger partial charge in [-0.1, -0.05) is 42.5 Å². The molecule has 0 aromatic heterocycles. The molecular formula is C27H33NO. The molecule has 29 heavy (non-hydrogen) atoms. The Kier molecular flexibility index (Phi) is 6.08. The topological polar surface area (TPSA) is 12.5 Å². The Bertz CT molecular complexity index is 873. The monoisotopic (exact) mass is 387 g/mol. The highest BCUT2D eigenvalue weighted by molar-refractivity contribution is 5.38. The molecule has 1 unspecified atom stereocenters. The Morgan fingerprint density at radius 1 is 1.03 bits per heavy atom. The third-order valence-corrected chi connectivity index (χ3v) is 6.63. The van der Waals surface area contributed by atoms with Crippen molar-refractivity contribution in [1.82, 2.24) is 4.90 Å². The first kappa shape index (κ1) is 19.8. The summed E-state index contributed by atoms with van der Waals surface area (Å²) >= 11 is 0. The maximum atomic E-state index is 6.00. The maximum Gasteiger partial charge on any atom is 0.127 e. The largest absolute Gasteiger partial charge is 0.457 e. The lowest BCUT2D eigenvalue weighted by atomic mass is 9.90. The van der Waals surface area contributed by atoms with E-state index >= 15 is 0 Å². The highest BCUT2D eigenvalue weighted by Crippen LogP contribution is 2.38. The predicted octanol–water partition coefficient (Wildman–Crippen LogP) is 7.05. The number of ether oxygens (including phenoxy) is 1. The van der Waals surface area contributed by atoms with E-state index in [1.807, 2.05) is 30.3 Å². The van der Waals surface area contributed by atoms with Crippen molar-refractivity contribution in [1.29, 1.82) is 0 Å². The molecule has 2 nitrogen and oxygen atoms in total. The zero-order chi connectivity index (χ0) is 20.2. The summed E-state index contributed by atoms with van der Waals surface area (Å²) in [6.07, 6.45) is 9.69. The van der Waals surface area contributed by atoms with Crippen LogP contribution in [-0.2, 0) is 6.42 Å². The zero-order valence-corrected chi connectivity index (χ0v) is 17.9. The fourth-order valence-electron chi connectivity index (χ4n) is 4.98. The van der Waals surface area contributed by atoms with Crippen LogP contribution in [0.1, 0.15) is 50.2 Å². The summed E-state index contributed by atoms with van der Waals surface area (Å²) in [7, 11) is 0. The second-order valence-electron chi connectivity index (χ2n) is 8.58. The molecule has 0 radical (unpaired) electrons. The van der Waals surface area contributed by atoms with Gasteiger partial charge in [0.25, 0.3) is 0 Å². The number of benzene rings is 2. The van der Waals surface area contributed by atoms with Crippen LogP contribution in [0, 0.1) is 12.8 Å². The van der Waals surface area contributed by atoms with Gasteiger partial charge in [-0.05, 0) is 87.8 Å². The van der Waals surface area contributed by atoms with Gasteiger partial charge in [0.1, 0.15) is 11.5 Å². The Labute approximate surface area is 175 Å². The highest BCUT2D eigenvalue weighted by Gasteiger charge is 2.33. The minimum atomic E-state index is 0.629. The molecule has 0 bridgehead atoms. The minimum absolute atomic E-state index is 0.629. The molecule has 0 amide bonds. The molecule has 0 N–H and O–H groups in total. The van der Waals surface area contributed by atoms with E-state index in [1.54, 1.807) is 5.70 Å². The fourth-order valence-corrected chi connectivity index (χ4v) is 4.98. The van der Waals surface area contributed by atoms with Crippen LogP contribution in [0.5, 0.6) is 11.5 Å². The number of allylic oxidation sites excluding steroid dienone is 3. The first-order valence-electron chi connectivity index (χ1n) is 11.1. The standard InChI is InChI=1S/C27H33NO/c1-4-27-23(16-17-28(27)24-13-10-20(2)11-14-24)19-22-12-15-26(18-21(22)3)29-25-8-6-5-7-9-25/h4-9,12,15,18,23-24H,2,10-11,13-14,16-17,19H2,1,3H3/b27-4-. The van der Waals surface area contributed by atoms with Gasteiger partial charge in [-0.25, -0.2) is 0 Å². The van der Waals surface area contributed by atoms with Crippen LogP contribution in [0.4, 0.5) is 0 Å². The average Bonchev–Trinajstić information content (AvgIpc) is 3.14. The highest BCUT2D eigenvalue weighted by atomic mass is 16.5. The van der Waals surface area contributed by atoms with Gasteiger partial charge in [-0.3, -0.25) is 0 Å². The maximum absolute atomic E-state index is 6.00. The van der Waals surface area contributed by atoms with Gasteiger partial charge in [-0.2, -0.15) is 0 Å². The fraction of sp³-hybridized carbons (Fsp3) is 0.407. The molecule has 4 rings (SSSR count). The Hall–Kier alpha value is -2.48. The number of likely N-dealkylation sites (tertiary alicyclic amines) is 1. The molecule has 1 heterocycles. The third kappa shape index (κ3) is 4.58. The second-order valence-corrected chi connectivity index (χ2v) is 8.58. The number of hydrogen-bond acceptors (Lipinski definition) is 2. The summed E-state index contributed by atoms with van der Waals surface area (Å²) in [6.45, 7) is 9.81. The van der Waals surface area contributed by atoms with Crippen LogP contribution in [0.3, 0.4) is 0 Å². The Balaban J connectivity index is 1.42. The van der Waals surface area contributed by atoms with Crippen molar-refractivity contribution >= 4 is 0 Å². The molecule has 1 aliphatic carbocycles. The molecule has 1 saturated carbocycles. The molecule has 2 aliphatic rings. The number of hydrogen-bond donors (Lipinski definition) is 0. The van der Waals surface area contributed by atoms with Gasteiger partial charge in [-0.15, -0.1) is 0 Å². The van der Waals surface area contributed by atoms with Crippen molar-refractivity contribution in [2.45, 2.75) is 58.4 Å². The Morgan fingerprint density at radius 2 is 1.79 bits per heavy atom. The van der Waals surface area contributed by atoms with Crippen molar-refractivity contribution in [2.24, 2.45) is 5.92 Å². The lowest BCUT2D eigenvalue weighted by Gasteiger charge is -2.35. The van der Waals surface area contributed by atoms with Crippen molar-refractivity contribution in [3.8, 4) is 11.5 Å². The van der Waals surface area contributed by atoms with Gasteiger partial charge in [0.2, 0.25) is 0 Å². The summed E-state index contributed by atoms with van der Waals surface area (Å²) in [5, 5.41) is 0. The first-order valence-corrected chi connectivity index (χ1v) is 11.1. The molecule has 1 saturated heterocycles. The second kappa shape index (κ2) is 8.90. The summed E-state index contributed by atoms with van der Waals surface area (Å²) in [5.74, 6) is 2.43. The predicted molar refractivity (Wildman–Crippen MR) is 121 cm³/mol. The van der Waals surface area contributed by atoms with Gasteiger partial charge in [0, 0.05) is 24.2 Å². The van der Waals surface area contributed by atoms with Crippen LogP contribution >= 0.6 is 0 Å². The third-order valence-electron chi connectivity index (χ3n) is 6.63. The van der Waals surface area contributed by atoms with Crippen molar-refractivity contribution in [2.75, 3.05) is 6.54 Å². The summed E-state index contributed by atoms with van der Waals surface area (Å²) in [6, 6.07) is 17.3. The van der Waals surface area contributed by atoms with E-state index in [0.29, 0.717) is 12.0 Å². The molecule has 2 fully saturated rings. The molecule has 2 aromatic rings. The van der Waals surface area contributed by atoms with E-state index in [0.717, 1.165) is 17.9 Å². The molecule has 2 aromatic carbocycles. The van der Waals surface area contributed by atoms with Gasteiger partial charge in [0.15, 0.2) is 0 Å². The lowest BCUT2D eigenvalue weighted by molar-refractivity contribution is 0.239. The van der Waals surface area contributed by atoms with Crippen LogP contribution in [-0.4, -0.2) is 17.5 Å². The first-order chi connectivity index (χ1) is 14.1. The molecule has 1 aliphatic heterocycles. The number of para-hydroxylation sites is 1. The normalized spacial score (nSPS) is 21.7. The van der Waals surface area contributed by atoms with E-state index < -0.39 is 0 Å². The van der Waals surface area contributed by atoms with E-state index in [2.05, 4.69) is 49.6 Å². The van der Waals surface area contributed by atoms with Crippen molar-refractivity contribution < 1.29 is 4.74 Å². The molecule has 0 spiro atoms. The van der Waals surface area contributed by atoms with E-state index in [-0.39, 0.29) is 0 Å². The minimum Gasteiger partial charge on any atom is -0.457 e. The molecule has 2 heteroatoms. The number of aryl methyl sites for hydroxylation is 1. The smallest absolute Gasteiger partial charge is 0.127 e. The molecular weight excluding hydrogens is 354 g/mol. The lowest BCUT2D eigenvalue weighted by Crippen LogP contribution is -2.34. The summed E-state index contributed by atoms with van der Waals surface area (Å²) in [4.78, 5) is 2.71. The molecule has 152 valence electrons. The van der Waals surface area contributed by atoms with Gasteiger partial charge in [0.05, 0.1) is 0 Å². The number of nitrogens with zero attached hydrogens (tertiary/aromatic N) is 1. The average molecular weight is 388 g/mol. The molecule has 1 atom stereocenters. The van der Waals surface area contributed by atoms with Crippen LogP contribution in [0.15, 0.2) is 72.5 Å². The van der Waals surface area contributed by atoms with E-state index in [9.17, 15) is 0 Å².